The quantitative estimate of drug-likeness (QED) is 0.521. The Bertz CT molecular complexity index is 162. The van der Waals surface area contributed by atoms with Crippen LogP contribution < -0.4 is 5.32 Å². The van der Waals surface area contributed by atoms with Crippen molar-refractivity contribution in [3.63, 3.8) is 0 Å². The van der Waals surface area contributed by atoms with Gasteiger partial charge in [-0.25, -0.2) is 0 Å². The lowest BCUT2D eigenvalue weighted by Gasteiger charge is -2.07. The third-order valence-corrected chi connectivity index (χ3v) is 1.29. The molecule has 3 N–H and O–H groups in total. The van der Waals surface area contributed by atoms with Crippen LogP contribution in [0, 0.1) is 0 Å². The maximum absolute atomic E-state index is 10.3. The number of aliphatic carboxylic acids is 2. The molecular formula is C6H13NO4. The van der Waals surface area contributed by atoms with Crippen LogP contribution in [0.5, 0.6) is 0 Å². The van der Waals surface area contributed by atoms with E-state index in [0.29, 0.717) is 0 Å². The largest absolute Gasteiger partial charge is 0.481 e. The van der Waals surface area contributed by atoms with Crippen molar-refractivity contribution in [2.45, 2.75) is 18.9 Å². The molecule has 0 aromatic rings. The van der Waals surface area contributed by atoms with Gasteiger partial charge >= 0.3 is 11.9 Å². The van der Waals surface area contributed by atoms with E-state index >= 15 is 0 Å². The van der Waals surface area contributed by atoms with Crippen LogP contribution in [0.2, 0.25) is 0 Å². The summed E-state index contributed by atoms with van der Waals surface area (Å²) in [5.74, 6) is -2.00. The van der Waals surface area contributed by atoms with Gasteiger partial charge in [-0.05, 0) is 13.5 Å². The van der Waals surface area contributed by atoms with Crippen molar-refractivity contribution in [1.82, 2.24) is 5.32 Å². The number of likely N-dealkylation sites (N-methyl/N-ethyl adjacent to an activating group) is 1. The molecule has 0 aliphatic rings. The summed E-state index contributed by atoms with van der Waals surface area (Å²) >= 11 is 0. The summed E-state index contributed by atoms with van der Waals surface area (Å²) in [6.07, 6.45) is -0.0149. The van der Waals surface area contributed by atoms with Gasteiger partial charge < -0.3 is 15.5 Å². The second kappa shape index (κ2) is 4.68. The maximum atomic E-state index is 10.3. The molecule has 0 aromatic carbocycles. The average molecular weight is 163 g/mol. The fourth-order valence-electron chi connectivity index (χ4n) is 0.659. The molecular weight excluding hydrogens is 150 g/mol. The summed E-state index contributed by atoms with van der Waals surface area (Å²) in [6, 6.07) is -0.758. The zero-order chi connectivity index (χ0) is 8.85. The monoisotopic (exact) mass is 163 g/mol. The maximum Gasteiger partial charge on any atom is 0.320 e. The van der Waals surface area contributed by atoms with E-state index in [1.54, 1.807) is 0 Å². The molecule has 0 heterocycles. The molecule has 0 saturated carbocycles. The first kappa shape index (κ1) is 9.90. The minimum atomic E-state index is -1.02. The zero-order valence-electron chi connectivity index (χ0n) is 6.20. The first-order valence-electron chi connectivity index (χ1n) is 3.19. The van der Waals surface area contributed by atoms with E-state index < -0.39 is 18.0 Å². The van der Waals surface area contributed by atoms with Crippen LogP contribution in [0.1, 0.15) is 14.3 Å². The van der Waals surface area contributed by atoms with Gasteiger partial charge in [-0.2, -0.15) is 0 Å². The Kier molecular flexibility index (Phi) is 4.21. The van der Waals surface area contributed by atoms with Crippen molar-refractivity contribution in [2.75, 3.05) is 7.05 Å². The molecule has 0 fully saturated rings. The molecule has 66 valence electrons. The number of carboxylic acid groups (broad SMARTS) is 2. The normalized spacial score (nSPS) is 12.5. The molecule has 0 saturated heterocycles. The number of rotatable bonds is 5. The highest BCUT2D eigenvalue weighted by Crippen LogP contribution is 1.96. The number of hydrogen-bond acceptors (Lipinski definition) is 3. The molecule has 0 aromatic heterocycles. The molecule has 0 aliphatic carbocycles. The molecule has 0 aliphatic heterocycles. The minimum absolute atomic E-state index is 0. The first-order chi connectivity index (χ1) is 5.07. The van der Waals surface area contributed by atoms with E-state index in [9.17, 15) is 9.59 Å². The van der Waals surface area contributed by atoms with Crippen LogP contribution in [0.25, 0.3) is 0 Å². The number of carboxylic acids is 2. The molecule has 0 radical (unpaired) electrons. The van der Waals surface area contributed by atoms with Gasteiger partial charge in [0.15, 0.2) is 0 Å². The molecule has 5 heteroatoms. The lowest BCUT2D eigenvalue weighted by atomic mass is 10.1. The smallest absolute Gasteiger partial charge is 0.320 e. The molecule has 0 spiro atoms. The Morgan fingerprint density at radius 3 is 2.36 bits per heavy atom. The standard InChI is InChI=1S/C6H11NO4.H2/c1-7-4(6(10)11)2-3-5(8)9;/h4,7H,2-3H2,1H3,(H,8,9)(H,10,11);1H. The molecule has 1 atom stereocenters. The van der Waals surface area contributed by atoms with Crippen molar-refractivity contribution in [3.8, 4) is 0 Å². The number of nitrogens with one attached hydrogen (secondary N) is 1. The van der Waals surface area contributed by atoms with Crippen LogP contribution in [0.15, 0.2) is 0 Å². The summed E-state index contributed by atoms with van der Waals surface area (Å²) < 4.78 is 0. The van der Waals surface area contributed by atoms with E-state index in [-0.39, 0.29) is 14.3 Å². The zero-order valence-corrected chi connectivity index (χ0v) is 6.20. The third kappa shape index (κ3) is 4.32. The van der Waals surface area contributed by atoms with Gasteiger partial charge in [0.2, 0.25) is 0 Å². The van der Waals surface area contributed by atoms with Gasteiger partial charge in [0.05, 0.1) is 0 Å². The van der Waals surface area contributed by atoms with Crippen molar-refractivity contribution < 1.29 is 21.2 Å². The molecule has 5 nitrogen and oxygen atoms in total. The Hall–Kier alpha value is -1.10. The molecule has 1 unspecified atom stereocenters. The van der Waals surface area contributed by atoms with Gasteiger partial charge in [-0.3, -0.25) is 9.59 Å². The molecule has 11 heavy (non-hydrogen) atoms. The van der Waals surface area contributed by atoms with Crippen molar-refractivity contribution in [3.05, 3.63) is 0 Å². The van der Waals surface area contributed by atoms with Crippen molar-refractivity contribution >= 4 is 11.9 Å². The highest BCUT2D eigenvalue weighted by molar-refractivity contribution is 5.74. The fraction of sp³-hybridized carbons (Fsp3) is 0.667. The first-order valence-corrected chi connectivity index (χ1v) is 3.19. The van der Waals surface area contributed by atoms with Gasteiger partial charge in [-0.15, -0.1) is 0 Å². The van der Waals surface area contributed by atoms with E-state index in [4.69, 9.17) is 10.2 Å². The van der Waals surface area contributed by atoms with Gasteiger partial charge in [0, 0.05) is 7.85 Å². The number of hydrogen-bond donors (Lipinski definition) is 3. The average Bonchev–Trinajstić information content (AvgIpc) is 1.87. The van der Waals surface area contributed by atoms with Crippen LogP contribution in [0.4, 0.5) is 0 Å². The Morgan fingerprint density at radius 2 is 2.09 bits per heavy atom. The van der Waals surface area contributed by atoms with Gasteiger partial charge in [0.1, 0.15) is 6.04 Å². The Labute approximate surface area is 65.5 Å². The number of carbonyl (C=O) groups is 2. The van der Waals surface area contributed by atoms with E-state index in [1.807, 2.05) is 0 Å². The lowest BCUT2D eigenvalue weighted by Crippen LogP contribution is -2.34. The summed E-state index contributed by atoms with van der Waals surface area (Å²) in [6.45, 7) is 0. The van der Waals surface area contributed by atoms with Crippen LogP contribution >= 0.6 is 0 Å². The Morgan fingerprint density at radius 1 is 1.55 bits per heavy atom. The van der Waals surface area contributed by atoms with Gasteiger partial charge in [0.25, 0.3) is 0 Å². The predicted molar refractivity (Wildman–Crippen MR) is 39.5 cm³/mol. The fourth-order valence-corrected chi connectivity index (χ4v) is 0.659. The van der Waals surface area contributed by atoms with E-state index in [0.717, 1.165) is 0 Å². The topological polar surface area (TPSA) is 86.6 Å². The van der Waals surface area contributed by atoms with Crippen LogP contribution in [-0.4, -0.2) is 35.2 Å². The Balaban J connectivity index is 0. The van der Waals surface area contributed by atoms with Gasteiger partial charge in [-0.1, -0.05) is 0 Å². The summed E-state index contributed by atoms with van der Waals surface area (Å²) in [7, 11) is 1.49. The molecule has 0 bridgehead atoms. The summed E-state index contributed by atoms with van der Waals surface area (Å²) in [5.41, 5.74) is 0. The second-order valence-electron chi connectivity index (χ2n) is 2.11. The highest BCUT2D eigenvalue weighted by atomic mass is 16.4. The van der Waals surface area contributed by atoms with E-state index in [2.05, 4.69) is 5.32 Å². The van der Waals surface area contributed by atoms with Crippen molar-refractivity contribution in [1.29, 1.82) is 0 Å². The van der Waals surface area contributed by atoms with E-state index in [1.165, 1.54) is 7.05 Å². The third-order valence-electron chi connectivity index (χ3n) is 1.29. The predicted octanol–water partition coefficient (Wildman–Crippen LogP) is -0.230. The van der Waals surface area contributed by atoms with Crippen molar-refractivity contribution in [2.24, 2.45) is 0 Å². The molecule has 0 amide bonds. The van der Waals surface area contributed by atoms with Crippen LogP contribution in [-0.2, 0) is 9.59 Å². The SMILES string of the molecule is CNC(CCC(=O)O)C(=O)O.[HH]. The lowest BCUT2D eigenvalue weighted by molar-refractivity contribution is -0.140. The van der Waals surface area contributed by atoms with Crippen LogP contribution in [0.3, 0.4) is 0 Å². The summed E-state index contributed by atoms with van der Waals surface area (Å²) in [4.78, 5) is 20.3. The summed E-state index contributed by atoms with van der Waals surface area (Å²) in [5, 5.41) is 19.1. The second-order valence-corrected chi connectivity index (χ2v) is 2.11. The minimum Gasteiger partial charge on any atom is -0.481 e. The highest BCUT2D eigenvalue weighted by Gasteiger charge is 2.15. The molecule has 0 rings (SSSR count).